The van der Waals surface area contributed by atoms with Gasteiger partial charge in [0, 0.05) is 23.4 Å². The van der Waals surface area contributed by atoms with Crippen LogP contribution in [0.25, 0.3) is 16.8 Å². The first-order chi connectivity index (χ1) is 12.5. The van der Waals surface area contributed by atoms with E-state index >= 15 is 0 Å². The van der Waals surface area contributed by atoms with Crippen LogP contribution in [-0.2, 0) is 0 Å². The highest BCUT2D eigenvalue weighted by Gasteiger charge is 2.13. The second kappa shape index (κ2) is 6.26. The summed E-state index contributed by atoms with van der Waals surface area (Å²) in [7, 11) is 0. The molecule has 0 saturated carbocycles. The normalized spacial score (nSPS) is 11.1. The summed E-state index contributed by atoms with van der Waals surface area (Å²) in [5.74, 6) is 0.472. The Kier molecular flexibility index (Phi) is 3.92. The molecule has 2 aromatic heterocycles. The smallest absolute Gasteiger partial charge is 0.223 e. The molecule has 4 rings (SSSR count). The van der Waals surface area contributed by atoms with Gasteiger partial charge in [-0.1, -0.05) is 24.3 Å². The fourth-order valence-corrected chi connectivity index (χ4v) is 2.90. The Hall–Kier alpha value is -3.21. The number of hydrogen-bond donors (Lipinski definition) is 0. The minimum atomic E-state index is -0.347. The maximum Gasteiger partial charge on any atom is 0.223 e. The van der Waals surface area contributed by atoms with Crippen molar-refractivity contribution in [1.29, 1.82) is 0 Å². The Morgan fingerprint density at radius 1 is 0.962 bits per heavy atom. The number of nitrogens with zero attached hydrogens (tertiary/aromatic N) is 3. The first kappa shape index (κ1) is 16.3. The van der Waals surface area contributed by atoms with Crippen molar-refractivity contribution in [3.63, 3.8) is 0 Å². The Bertz CT molecular complexity index is 1120. The second-order valence-corrected chi connectivity index (χ2v) is 6.39. The van der Waals surface area contributed by atoms with Gasteiger partial charge in [0.2, 0.25) is 5.88 Å². The van der Waals surface area contributed by atoms with Crippen LogP contribution in [0.2, 0.25) is 0 Å². The molecule has 26 heavy (non-hydrogen) atoms. The van der Waals surface area contributed by atoms with Crippen molar-refractivity contribution in [1.82, 2.24) is 14.6 Å². The quantitative estimate of drug-likeness (QED) is 0.508. The van der Waals surface area contributed by atoms with Gasteiger partial charge in [-0.15, -0.1) is 0 Å². The number of benzene rings is 2. The van der Waals surface area contributed by atoms with E-state index in [0.29, 0.717) is 17.3 Å². The molecule has 0 radical (unpaired) electrons. The van der Waals surface area contributed by atoms with Gasteiger partial charge < -0.3 is 4.74 Å². The Labute approximate surface area is 150 Å². The lowest BCUT2D eigenvalue weighted by Crippen LogP contribution is -1.98. The van der Waals surface area contributed by atoms with Gasteiger partial charge in [-0.3, -0.25) is 0 Å². The SMILES string of the molecule is Cc1ccc(-c2cnn3c(C)cc(Oc4cccc(F)c4)nc23)cc1C. The Balaban J connectivity index is 1.81. The topological polar surface area (TPSA) is 39.4 Å². The van der Waals surface area contributed by atoms with Crippen molar-refractivity contribution >= 4 is 5.65 Å². The van der Waals surface area contributed by atoms with E-state index in [1.165, 1.54) is 23.3 Å². The van der Waals surface area contributed by atoms with Gasteiger partial charge in [-0.2, -0.15) is 10.1 Å². The summed E-state index contributed by atoms with van der Waals surface area (Å²) < 4.78 is 20.9. The molecule has 0 bridgehead atoms. The number of rotatable bonds is 3. The number of fused-ring (bicyclic) bond motifs is 1. The highest BCUT2D eigenvalue weighted by Crippen LogP contribution is 2.29. The van der Waals surface area contributed by atoms with Crippen LogP contribution in [0.15, 0.2) is 54.7 Å². The minimum absolute atomic E-state index is 0.347. The first-order valence-corrected chi connectivity index (χ1v) is 8.38. The molecular formula is C21H18FN3O. The molecule has 0 aliphatic carbocycles. The third kappa shape index (κ3) is 2.92. The van der Waals surface area contributed by atoms with Crippen LogP contribution in [0, 0.1) is 26.6 Å². The number of ether oxygens (including phenoxy) is 1. The summed E-state index contributed by atoms with van der Waals surface area (Å²) in [5, 5.41) is 4.45. The third-order valence-electron chi connectivity index (χ3n) is 4.46. The van der Waals surface area contributed by atoms with Crippen molar-refractivity contribution in [2.75, 3.05) is 0 Å². The molecule has 5 heteroatoms. The molecule has 4 aromatic rings. The average Bonchev–Trinajstić information content (AvgIpc) is 3.02. The van der Waals surface area contributed by atoms with Crippen LogP contribution in [0.4, 0.5) is 4.39 Å². The Morgan fingerprint density at radius 2 is 1.81 bits per heavy atom. The van der Waals surface area contributed by atoms with Crippen LogP contribution in [0.5, 0.6) is 11.6 Å². The van der Waals surface area contributed by atoms with Gasteiger partial charge >= 0.3 is 0 Å². The van der Waals surface area contributed by atoms with Crippen molar-refractivity contribution in [3.8, 4) is 22.8 Å². The van der Waals surface area contributed by atoms with Crippen molar-refractivity contribution in [2.24, 2.45) is 0 Å². The van der Waals surface area contributed by atoms with Crippen molar-refractivity contribution in [2.45, 2.75) is 20.8 Å². The molecule has 0 N–H and O–H groups in total. The summed E-state index contributed by atoms with van der Waals surface area (Å²) in [4.78, 5) is 4.61. The lowest BCUT2D eigenvalue weighted by molar-refractivity contribution is 0.457. The van der Waals surface area contributed by atoms with Gasteiger partial charge in [-0.05, 0) is 49.6 Å². The van der Waals surface area contributed by atoms with E-state index < -0.39 is 0 Å². The molecular weight excluding hydrogens is 329 g/mol. The molecule has 0 aliphatic heterocycles. The number of aromatic nitrogens is 3. The molecule has 0 saturated heterocycles. The Morgan fingerprint density at radius 3 is 2.58 bits per heavy atom. The molecule has 0 atom stereocenters. The predicted octanol–water partition coefficient (Wildman–Crippen LogP) is 5.25. The number of hydrogen-bond acceptors (Lipinski definition) is 3. The van der Waals surface area contributed by atoms with E-state index in [0.717, 1.165) is 16.8 Å². The van der Waals surface area contributed by atoms with Crippen molar-refractivity contribution < 1.29 is 9.13 Å². The zero-order chi connectivity index (χ0) is 18.3. The van der Waals surface area contributed by atoms with E-state index in [-0.39, 0.29) is 5.82 Å². The lowest BCUT2D eigenvalue weighted by atomic mass is 10.0. The lowest BCUT2D eigenvalue weighted by Gasteiger charge is -2.08. The van der Waals surface area contributed by atoms with E-state index in [1.54, 1.807) is 22.7 Å². The third-order valence-corrected chi connectivity index (χ3v) is 4.46. The maximum absolute atomic E-state index is 13.4. The van der Waals surface area contributed by atoms with E-state index in [2.05, 4.69) is 42.1 Å². The van der Waals surface area contributed by atoms with Gasteiger partial charge in [0.05, 0.1) is 6.20 Å². The number of halogens is 1. The average molecular weight is 347 g/mol. The van der Waals surface area contributed by atoms with Gasteiger partial charge in [0.15, 0.2) is 5.65 Å². The molecule has 2 aromatic carbocycles. The second-order valence-electron chi connectivity index (χ2n) is 6.39. The molecule has 4 nitrogen and oxygen atoms in total. The molecule has 0 unspecified atom stereocenters. The molecule has 0 aliphatic rings. The highest BCUT2D eigenvalue weighted by atomic mass is 19.1. The molecule has 0 spiro atoms. The summed E-state index contributed by atoms with van der Waals surface area (Å²) in [5.41, 5.74) is 6.03. The fraction of sp³-hybridized carbons (Fsp3) is 0.143. The summed E-state index contributed by atoms with van der Waals surface area (Å²) >= 11 is 0. The van der Waals surface area contributed by atoms with Crippen LogP contribution < -0.4 is 4.74 Å². The van der Waals surface area contributed by atoms with Crippen LogP contribution in [-0.4, -0.2) is 14.6 Å². The molecule has 130 valence electrons. The van der Waals surface area contributed by atoms with Gasteiger partial charge in [-0.25, -0.2) is 8.91 Å². The summed E-state index contributed by atoms with van der Waals surface area (Å²) in [6.07, 6.45) is 1.81. The van der Waals surface area contributed by atoms with E-state index in [9.17, 15) is 4.39 Å². The number of aryl methyl sites for hydroxylation is 3. The molecule has 2 heterocycles. The van der Waals surface area contributed by atoms with Crippen LogP contribution >= 0.6 is 0 Å². The maximum atomic E-state index is 13.4. The monoisotopic (exact) mass is 347 g/mol. The summed E-state index contributed by atoms with van der Waals surface area (Å²) in [6.45, 7) is 6.11. The van der Waals surface area contributed by atoms with Crippen molar-refractivity contribution in [3.05, 3.63) is 77.4 Å². The fourth-order valence-electron chi connectivity index (χ4n) is 2.90. The highest BCUT2D eigenvalue weighted by molar-refractivity contribution is 5.78. The minimum Gasteiger partial charge on any atom is -0.439 e. The molecule has 0 fully saturated rings. The van der Waals surface area contributed by atoms with Gasteiger partial charge in [0.1, 0.15) is 11.6 Å². The zero-order valence-electron chi connectivity index (χ0n) is 14.8. The van der Waals surface area contributed by atoms with Gasteiger partial charge in [0.25, 0.3) is 0 Å². The standard InChI is InChI=1S/C21H18FN3O/c1-13-7-8-16(9-14(13)2)19-12-23-25-15(3)10-20(24-21(19)25)26-18-6-4-5-17(22)11-18/h4-12H,1-3H3. The van der Waals surface area contributed by atoms with E-state index in [1.807, 2.05) is 13.1 Å². The zero-order valence-corrected chi connectivity index (χ0v) is 14.8. The molecule has 0 amide bonds. The van der Waals surface area contributed by atoms with Crippen LogP contribution in [0.1, 0.15) is 16.8 Å². The predicted molar refractivity (Wildman–Crippen MR) is 99.1 cm³/mol. The summed E-state index contributed by atoms with van der Waals surface area (Å²) in [6, 6.07) is 14.1. The largest absolute Gasteiger partial charge is 0.439 e. The van der Waals surface area contributed by atoms with Crippen LogP contribution in [0.3, 0.4) is 0 Å². The van der Waals surface area contributed by atoms with E-state index in [4.69, 9.17) is 4.74 Å². The first-order valence-electron chi connectivity index (χ1n) is 8.38.